The van der Waals surface area contributed by atoms with Crippen LogP contribution in [0.15, 0.2) is 12.1 Å². The van der Waals surface area contributed by atoms with Gasteiger partial charge in [-0.25, -0.2) is 0 Å². The molecule has 0 saturated carbocycles. The molecule has 0 radical (unpaired) electrons. The molecule has 0 aromatic carbocycles. The topological polar surface area (TPSA) is 58.6 Å². The van der Waals surface area contributed by atoms with E-state index in [2.05, 4.69) is 5.32 Å². The van der Waals surface area contributed by atoms with Crippen LogP contribution < -0.4 is 5.32 Å². The molecule has 1 aromatic heterocycles. The van der Waals surface area contributed by atoms with Crippen LogP contribution in [0, 0.1) is 6.92 Å². The predicted octanol–water partition coefficient (Wildman–Crippen LogP) is 1.19. The summed E-state index contributed by atoms with van der Waals surface area (Å²) in [5.41, 5.74) is 0. The van der Waals surface area contributed by atoms with E-state index in [1.165, 1.54) is 11.3 Å². The Morgan fingerprint density at radius 1 is 1.50 bits per heavy atom. The van der Waals surface area contributed by atoms with E-state index in [1.54, 1.807) is 0 Å². The van der Waals surface area contributed by atoms with Gasteiger partial charge in [0.25, 0.3) is 5.91 Å². The lowest BCUT2D eigenvalue weighted by molar-refractivity contribution is 0.0869. The molecule has 90 valence electrons. The fraction of sp³-hybridized carbons (Fsp3) is 0.545. The molecule has 16 heavy (non-hydrogen) atoms. The molecule has 0 spiro atoms. The van der Waals surface area contributed by atoms with Crippen LogP contribution in [0.25, 0.3) is 0 Å². The van der Waals surface area contributed by atoms with E-state index in [9.17, 15) is 4.79 Å². The number of rotatable bonds is 7. The maximum absolute atomic E-state index is 11.6. The van der Waals surface area contributed by atoms with Crippen molar-refractivity contribution in [3.63, 3.8) is 0 Å². The molecule has 1 amide bonds. The van der Waals surface area contributed by atoms with Gasteiger partial charge in [0.2, 0.25) is 0 Å². The van der Waals surface area contributed by atoms with E-state index < -0.39 is 0 Å². The Kier molecular flexibility index (Phi) is 6.07. The van der Waals surface area contributed by atoms with Gasteiger partial charge >= 0.3 is 0 Å². The van der Waals surface area contributed by atoms with Gasteiger partial charge in [-0.1, -0.05) is 0 Å². The highest BCUT2D eigenvalue weighted by atomic mass is 32.1. The standard InChI is InChI=1S/C11H17NO3S/c1-9-3-4-10(16-9)11(14)12-5-2-7-15-8-6-13/h3-4,13H,2,5-8H2,1H3,(H,12,14). The van der Waals surface area contributed by atoms with Gasteiger partial charge in [-0.3, -0.25) is 4.79 Å². The molecule has 1 rings (SSSR count). The number of carbonyl (C=O) groups is 1. The minimum absolute atomic E-state index is 0.0275. The van der Waals surface area contributed by atoms with Crippen molar-refractivity contribution in [1.82, 2.24) is 5.32 Å². The van der Waals surface area contributed by atoms with Crippen LogP contribution >= 0.6 is 11.3 Å². The number of aliphatic hydroxyl groups excluding tert-OH is 1. The molecule has 1 aromatic rings. The van der Waals surface area contributed by atoms with Crippen LogP contribution in [-0.2, 0) is 4.74 Å². The van der Waals surface area contributed by atoms with Crippen molar-refractivity contribution in [2.75, 3.05) is 26.4 Å². The molecule has 5 heteroatoms. The van der Waals surface area contributed by atoms with Crippen molar-refractivity contribution in [3.8, 4) is 0 Å². The molecule has 0 aliphatic rings. The predicted molar refractivity (Wildman–Crippen MR) is 63.9 cm³/mol. The van der Waals surface area contributed by atoms with Crippen LogP contribution in [0.5, 0.6) is 0 Å². The molecule has 2 N–H and O–H groups in total. The third-order valence-electron chi connectivity index (χ3n) is 1.95. The van der Waals surface area contributed by atoms with E-state index in [1.807, 2.05) is 19.1 Å². The first-order valence-corrected chi connectivity index (χ1v) is 6.09. The van der Waals surface area contributed by atoms with Crippen LogP contribution in [-0.4, -0.2) is 37.4 Å². The molecular weight excluding hydrogens is 226 g/mol. The Labute approximate surface area is 99.2 Å². The van der Waals surface area contributed by atoms with Gasteiger partial charge in [-0.2, -0.15) is 0 Å². The van der Waals surface area contributed by atoms with E-state index in [-0.39, 0.29) is 12.5 Å². The number of amides is 1. The largest absolute Gasteiger partial charge is 0.394 e. The lowest BCUT2D eigenvalue weighted by atomic mass is 10.4. The third-order valence-corrected chi connectivity index (χ3v) is 2.95. The number of aryl methyl sites for hydroxylation is 1. The highest BCUT2D eigenvalue weighted by molar-refractivity contribution is 7.13. The number of thiophene rings is 1. The Morgan fingerprint density at radius 3 is 2.94 bits per heavy atom. The van der Waals surface area contributed by atoms with Crippen LogP contribution in [0.4, 0.5) is 0 Å². The van der Waals surface area contributed by atoms with Crippen LogP contribution in [0.2, 0.25) is 0 Å². The fourth-order valence-corrected chi connectivity index (χ4v) is 1.97. The smallest absolute Gasteiger partial charge is 0.261 e. The summed E-state index contributed by atoms with van der Waals surface area (Å²) in [6.07, 6.45) is 0.760. The van der Waals surface area contributed by atoms with Gasteiger partial charge in [0.15, 0.2) is 0 Å². The van der Waals surface area contributed by atoms with Crippen molar-refractivity contribution in [2.24, 2.45) is 0 Å². The summed E-state index contributed by atoms with van der Waals surface area (Å²) in [5.74, 6) is -0.0275. The lowest BCUT2D eigenvalue weighted by Gasteiger charge is -2.04. The molecule has 4 nitrogen and oxygen atoms in total. The van der Waals surface area contributed by atoms with Crippen molar-refractivity contribution in [3.05, 3.63) is 21.9 Å². The molecule has 1 heterocycles. The first-order valence-electron chi connectivity index (χ1n) is 5.27. The quantitative estimate of drug-likeness (QED) is 0.707. The molecule has 0 aliphatic heterocycles. The zero-order valence-corrected chi connectivity index (χ0v) is 10.2. The van der Waals surface area contributed by atoms with Gasteiger partial charge in [-0.15, -0.1) is 11.3 Å². The van der Waals surface area contributed by atoms with Crippen molar-refractivity contribution in [1.29, 1.82) is 0 Å². The Bertz CT molecular complexity index is 325. The van der Waals surface area contributed by atoms with Gasteiger partial charge in [0.1, 0.15) is 0 Å². The van der Waals surface area contributed by atoms with Crippen molar-refractivity contribution < 1.29 is 14.6 Å². The van der Waals surface area contributed by atoms with Gasteiger partial charge < -0.3 is 15.2 Å². The summed E-state index contributed by atoms with van der Waals surface area (Å²) in [6.45, 7) is 3.54. The van der Waals surface area contributed by atoms with Crippen molar-refractivity contribution in [2.45, 2.75) is 13.3 Å². The maximum atomic E-state index is 11.6. The fourth-order valence-electron chi connectivity index (χ4n) is 1.19. The minimum atomic E-state index is -0.0275. The minimum Gasteiger partial charge on any atom is -0.394 e. The SMILES string of the molecule is Cc1ccc(C(=O)NCCCOCCO)s1. The number of carbonyl (C=O) groups excluding carboxylic acids is 1. The molecule has 0 saturated heterocycles. The van der Waals surface area contributed by atoms with E-state index in [4.69, 9.17) is 9.84 Å². The van der Waals surface area contributed by atoms with Gasteiger partial charge in [-0.05, 0) is 25.5 Å². The highest BCUT2D eigenvalue weighted by Gasteiger charge is 2.06. The Balaban J connectivity index is 2.11. The molecule has 0 bridgehead atoms. The number of nitrogens with one attached hydrogen (secondary N) is 1. The first-order chi connectivity index (χ1) is 7.74. The normalized spacial score (nSPS) is 10.4. The Hall–Kier alpha value is -0.910. The highest BCUT2D eigenvalue weighted by Crippen LogP contribution is 2.14. The summed E-state index contributed by atoms with van der Waals surface area (Å²) >= 11 is 1.49. The first kappa shape index (κ1) is 13.2. The zero-order valence-electron chi connectivity index (χ0n) is 9.36. The molecule has 0 fully saturated rings. The summed E-state index contributed by atoms with van der Waals surface area (Å²) < 4.78 is 5.08. The molecular formula is C11H17NO3S. The number of aliphatic hydroxyl groups is 1. The molecule has 0 unspecified atom stereocenters. The number of ether oxygens (including phenoxy) is 1. The average Bonchev–Trinajstić information content (AvgIpc) is 2.70. The number of hydrogen-bond donors (Lipinski definition) is 2. The van der Waals surface area contributed by atoms with Gasteiger partial charge in [0, 0.05) is 18.0 Å². The monoisotopic (exact) mass is 243 g/mol. The van der Waals surface area contributed by atoms with Crippen LogP contribution in [0.3, 0.4) is 0 Å². The van der Waals surface area contributed by atoms with E-state index in [0.717, 1.165) is 16.2 Å². The molecule has 0 atom stereocenters. The maximum Gasteiger partial charge on any atom is 0.261 e. The lowest BCUT2D eigenvalue weighted by Crippen LogP contribution is -2.24. The second-order valence-electron chi connectivity index (χ2n) is 3.36. The second kappa shape index (κ2) is 7.38. The average molecular weight is 243 g/mol. The van der Waals surface area contributed by atoms with Gasteiger partial charge in [0.05, 0.1) is 18.1 Å². The number of hydrogen-bond acceptors (Lipinski definition) is 4. The van der Waals surface area contributed by atoms with Crippen LogP contribution in [0.1, 0.15) is 21.0 Å². The Morgan fingerprint density at radius 2 is 2.31 bits per heavy atom. The second-order valence-corrected chi connectivity index (χ2v) is 4.64. The summed E-state index contributed by atoms with van der Waals surface area (Å²) in [7, 11) is 0. The molecule has 0 aliphatic carbocycles. The zero-order chi connectivity index (χ0) is 11.8. The van der Waals surface area contributed by atoms with Crippen molar-refractivity contribution >= 4 is 17.2 Å². The van der Waals surface area contributed by atoms with E-state index in [0.29, 0.717) is 19.8 Å². The third kappa shape index (κ3) is 4.74. The summed E-state index contributed by atoms with van der Waals surface area (Å²) in [4.78, 5) is 13.4. The van der Waals surface area contributed by atoms with E-state index >= 15 is 0 Å². The summed E-state index contributed by atoms with van der Waals surface area (Å²) in [6, 6.07) is 3.77. The summed E-state index contributed by atoms with van der Waals surface area (Å²) in [5, 5.41) is 11.3.